The van der Waals surface area contributed by atoms with E-state index < -0.39 is 10.8 Å². The van der Waals surface area contributed by atoms with Gasteiger partial charge in [0.15, 0.2) is 0 Å². The first-order valence-corrected chi connectivity index (χ1v) is 47.8. The monoisotopic (exact) mass is 1750 g/mol. The van der Waals surface area contributed by atoms with Crippen molar-refractivity contribution in [3.8, 4) is 89.3 Å². The number of aromatic nitrogens is 2. The van der Waals surface area contributed by atoms with E-state index in [1.54, 1.807) is 0 Å². The second-order valence-electron chi connectivity index (χ2n) is 36.8. The van der Waals surface area contributed by atoms with E-state index in [4.69, 9.17) is 0 Å². The summed E-state index contributed by atoms with van der Waals surface area (Å²) < 4.78 is 4.97. The van der Waals surface area contributed by atoms with Gasteiger partial charge in [-0.1, -0.05) is 406 Å². The normalized spacial score (nSPS) is 12.8. The fourth-order valence-electron chi connectivity index (χ4n) is 23.5. The van der Waals surface area contributed by atoms with Crippen molar-refractivity contribution in [3.05, 3.63) is 578 Å². The summed E-state index contributed by atoms with van der Waals surface area (Å²) in [5.74, 6) is 0. The van der Waals surface area contributed by atoms with Gasteiger partial charge in [-0.2, -0.15) is 0 Å². The van der Waals surface area contributed by atoms with Crippen LogP contribution in [0.2, 0.25) is 0 Å². The number of fused-ring (bicyclic) bond motifs is 15. The SMILES string of the molecule is c1ccc(N(c2ccc(-c3cccc(-c4ccc5c(c4)c4ccccc4n5-c4cccc5ccccc45)c3)cc2)c2ccc3c(c2)C(c2ccccc2)(c2ccccc2)c2cccc(-c4ccc5c6cc(-c7cccc(-c8ccc(N(c9ccc%10c(c9)C(c9ccccc9)(c9ccccc9)c9ccccc9-%10)c9cccc%10ccccc9%10)cc8)c7)ccc6n(-c6cccc7ccccc67)c5c4)c2-3)cc1. The van der Waals surface area contributed by atoms with Crippen molar-refractivity contribution in [1.82, 2.24) is 9.13 Å². The van der Waals surface area contributed by atoms with Crippen molar-refractivity contribution in [2.45, 2.75) is 10.8 Å². The molecule has 0 saturated heterocycles. The average Bonchev–Trinajstić information content (AvgIpc) is 1.53. The van der Waals surface area contributed by atoms with E-state index in [-0.39, 0.29) is 0 Å². The van der Waals surface area contributed by atoms with Crippen LogP contribution in [0.5, 0.6) is 0 Å². The van der Waals surface area contributed by atoms with Gasteiger partial charge in [0.25, 0.3) is 0 Å². The maximum Gasteiger partial charge on any atom is 0.0714 e. The highest BCUT2D eigenvalue weighted by Crippen LogP contribution is 2.62. The summed E-state index contributed by atoms with van der Waals surface area (Å²) >= 11 is 0. The van der Waals surface area contributed by atoms with Crippen molar-refractivity contribution in [2.24, 2.45) is 0 Å². The molecular formula is C134H88N4. The molecule has 23 aromatic carbocycles. The van der Waals surface area contributed by atoms with Crippen LogP contribution >= 0.6 is 0 Å². The first-order chi connectivity index (χ1) is 68.4. The lowest BCUT2D eigenvalue weighted by Gasteiger charge is -2.35. The quantitative estimate of drug-likeness (QED) is 0.0903. The Morgan fingerprint density at radius 1 is 0.159 bits per heavy atom. The highest BCUT2D eigenvalue weighted by atomic mass is 15.2. The number of benzene rings is 23. The highest BCUT2D eigenvalue weighted by Gasteiger charge is 2.49. The summed E-state index contributed by atoms with van der Waals surface area (Å²) in [6, 6.07) is 199. The number of rotatable bonds is 17. The van der Waals surface area contributed by atoms with Crippen molar-refractivity contribution < 1.29 is 0 Å². The zero-order chi connectivity index (χ0) is 90.9. The molecule has 0 saturated carbocycles. The van der Waals surface area contributed by atoms with Gasteiger partial charge < -0.3 is 18.9 Å². The van der Waals surface area contributed by atoms with Crippen LogP contribution in [0, 0.1) is 0 Å². The summed E-state index contributed by atoms with van der Waals surface area (Å²) in [7, 11) is 0. The van der Waals surface area contributed by atoms with Gasteiger partial charge in [0, 0.05) is 66.1 Å². The molecule has 138 heavy (non-hydrogen) atoms. The molecule has 0 atom stereocenters. The first kappa shape index (κ1) is 79.8. The Morgan fingerprint density at radius 3 is 1.07 bits per heavy atom. The van der Waals surface area contributed by atoms with E-state index in [0.717, 1.165) is 89.8 Å². The van der Waals surface area contributed by atoms with Gasteiger partial charge in [-0.05, 0) is 266 Å². The summed E-state index contributed by atoms with van der Waals surface area (Å²) in [5.41, 5.74) is 38.5. The number of hydrogen-bond donors (Lipinski definition) is 0. The van der Waals surface area contributed by atoms with Gasteiger partial charge in [-0.15, -0.1) is 0 Å². The fraction of sp³-hybridized carbons (Fsp3) is 0.0149. The van der Waals surface area contributed by atoms with Crippen molar-refractivity contribution in [1.29, 1.82) is 0 Å². The van der Waals surface area contributed by atoms with E-state index >= 15 is 0 Å². The van der Waals surface area contributed by atoms with E-state index in [1.165, 1.54) is 154 Å². The van der Waals surface area contributed by atoms with Crippen LogP contribution < -0.4 is 9.80 Å². The van der Waals surface area contributed by atoms with Crippen molar-refractivity contribution >= 4 is 110 Å². The molecule has 2 aliphatic rings. The maximum atomic E-state index is 2.53. The Labute approximate surface area is 801 Å². The second kappa shape index (κ2) is 32.5. The van der Waals surface area contributed by atoms with Gasteiger partial charge in [0.2, 0.25) is 0 Å². The third kappa shape index (κ3) is 12.6. The van der Waals surface area contributed by atoms with Crippen LogP contribution in [-0.4, -0.2) is 9.13 Å². The molecule has 2 heterocycles. The average molecular weight is 1750 g/mol. The molecule has 25 aromatic rings. The van der Waals surface area contributed by atoms with Gasteiger partial charge in [0.05, 0.1) is 50.0 Å². The van der Waals surface area contributed by atoms with Gasteiger partial charge >= 0.3 is 0 Å². The molecular weight excluding hydrogens is 1670 g/mol. The van der Waals surface area contributed by atoms with Crippen molar-refractivity contribution in [3.63, 3.8) is 0 Å². The molecule has 0 radical (unpaired) electrons. The zero-order valence-electron chi connectivity index (χ0n) is 75.6. The smallest absolute Gasteiger partial charge is 0.0714 e. The molecule has 0 unspecified atom stereocenters. The van der Waals surface area contributed by atoms with Gasteiger partial charge in [-0.25, -0.2) is 0 Å². The lowest BCUT2D eigenvalue weighted by Crippen LogP contribution is -2.28. The standard InChI is InChI=1S/C134H88N4/c1-6-42-101(43-7-1)133(102-44-8-2-9-45-102)121-58-24-22-55-114(121)115-78-75-109(88-123(115)133)136(125-61-28-35-91-32-16-19-52-110(91)125)107-73-66-90(67-74-107)95-39-27-41-97(83-95)99-70-81-130-120(85-99)117-77-68-100(86-131(117)138(130)127-63-30-37-93-34-18-21-54-112(93)127)113-57-31-59-122-132(113)118-79-76-108(87-124(118)134(122,103-46-10-3-11-47-103)104-48-12-4-13-49-104)135(105-50-14-5-15-51-105)106-71-64-89(65-72-106)94-38-26-40-96(82-94)98-69-80-129-119(84-98)116-56-23-25-60-128(116)137(129)126-62-29-36-92-33-17-20-53-111(92)126/h1-88H. The zero-order valence-corrected chi connectivity index (χ0v) is 75.6. The Bertz CT molecular complexity index is 9040. The van der Waals surface area contributed by atoms with Gasteiger partial charge in [0.1, 0.15) is 0 Å². The Balaban J connectivity index is 0.557. The van der Waals surface area contributed by atoms with E-state index in [9.17, 15) is 0 Å². The summed E-state index contributed by atoms with van der Waals surface area (Å²) in [5, 5.41) is 12.0. The first-order valence-electron chi connectivity index (χ1n) is 47.8. The van der Waals surface area contributed by atoms with Crippen LogP contribution in [0.15, 0.2) is 534 Å². The molecule has 0 spiro atoms. The van der Waals surface area contributed by atoms with Crippen LogP contribution in [0.1, 0.15) is 44.5 Å². The topological polar surface area (TPSA) is 16.3 Å². The molecule has 4 nitrogen and oxygen atoms in total. The summed E-state index contributed by atoms with van der Waals surface area (Å²) in [6.45, 7) is 0. The van der Waals surface area contributed by atoms with E-state index in [1.807, 2.05) is 0 Å². The third-order valence-electron chi connectivity index (χ3n) is 29.6. The highest BCUT2D eigenvalue weighted by molar-refractivity contribution is 6.15. The fourth-order valence-corrected chi connectivity index (χ4v) is 23.5. The summed E-state index contributed by atoms with van der Waals surface area (Å²) in [4.78, 5) is 4.91. The lowest BCUT2D eigenvalue weighted by atomic mass is 9.67. The predicted molar refractivity (Wildman–Crippen MR) is 579 cm³/mol. The maximum absolute atomic E-state index is 2.53. The lowest BCUT2D eigenvalue weighted by molar-refractivity contribution is 0.768. The molecule has 0 amide bonds. The Kier molecular flexibility index (Phi) is 18.8. The Morgan fingerprint density at radius 2 is 0.507 bits per heavy atom. The molecule has 27 rings (SSSR count). The van der Waals surface area contributed by atoms with E-state index in [0.29, 0.717) is 0 Å². The van der Waals surface area contributed by atoms with Crippen molar-refractivity contribution in [2.75, 3.05) is 9.80 Å². The molecule has 0 aliphatic heterocycles. The molecule has 0 N–H and O–H groups in total. The molecule has 4 heteroatoms. The van der Waals surface area contributed by atoms with Crippen LogP contribution in [0.25, 0.3) is 165 Å². The number of anilines is 6. The Hall–Kier alpha value is -18.0. The number of hydrogen-bond acceptors (Lipinski definition) is 2. The number of nitrogens with zero attached hydrogens (tertiary/aromatic N) is 4. The molecule has 2 aliphatic carbocycles. The van der Waals surface area contributed by atoms with Crippen LogP contribution in [0.4, 0.5) is 34.1 Å². The van der Waals surface area contributed by atoms with Crippen LogP contribution in [-0.2, 0) is 10.8 Å². The summed E-state index contributed by atoms with van der Waals surface area (Å²) in [6.07, 6.45) is 0. The molecule has 2 aromatic heterocycles. The minimum Gasteiger partial charge on any atom is -0.310 e. The second-order valence-corrected chi connectivity index (χ2v) is 36.8. The van der Waals surface area contributed by atoms with Crippen LogP contribution in [0.3, 0.4) is 0 Å². The largest absolute Gasteiger partial charge is 0.310 e. The minimum absolute atomic E-state index is 0.562. The predicted octanol–water partition coefficient (Wildman–Crippen LogP) is 35.3. The van der Waals surface area contributed by atoms with Gasteiger partial charge in [-0.3, -0.25) is 0 Å². The third-order valence-corrected chi connectivity index (χ3v) is 29.6. The van der Waals surface area contributed by atoms with E-state index in [2.05, 4.69) is 553 Å². The number of para-hydroxylation sites is 2. The molecule has 0 bridgehead atoms. The minimum atomic E-state index is -0.730. The molecule has 644 valence electrons. The molecule has 0 fully saturated rings.